The molecule has 15 heavy (non-hydrogen) atoms. The molecule has 5 heteroatoms. The van der Waals surface area contributed by atoms with Gasteiger partial charge in [-0.25, -0.2) is 0 Å². The molecule has 1 aromatic carbocycles. The summed E-state index contributed by atoms with van der Waals surface area (Å²) < 4.78 is -0.195. The summed E-state index contributed by atoms with van der Waals surface area (Å²) in [6.07, 6.45) is 0. The van der Waals surface area contributed by atoms with Crippen molar-refractivity contribution in [3.05, 3.63) is 39.9 Å². The maximum Gasteiger partial charge on any atom is 0.255 e. The van der Waals surface area contributed by atoms with Gasteiger partial charge in [0.2, 0.25) is 0 Å². The molecule has 0 aromatic heterocycles. The van der Waals surface area contributed by atoms with Crippen LogP contribution in [0.3, 0.4) is 0 Å². The normalized spacial score (nSPS) is 9.20. The van der Waals surface area contributed by atoms with Crippen molar-refractivity contribution in [3.8, 4) is 6.07 Å². The van der Waals surface area contributed by atoms with Crippen LogP contribution in [0.1, 0.15) is 11.1 Å². The zero-order valence-electron chi connectivity index (χ0n) is 7.30. The minimum absolute atomic E-state index is 0.0319. The van der Waals surface area contributed by atoms with E-state index in [9.17, 15) is 4.79 Å². The van der Waals surface area contributed by atoms with Crippen LogP contribution in [0, 0.1) is 11.3 Å². The minimum atomic E-state index is -0.736. The molecule has 2 nitrogen and oxygen atoms in total. The van der Waals surface area contributed by atoms with E-state index in [-0.39, 0.29) is 10.1 Å². The van der Waals surface area contributed by atoms with E-state index in [0.717, 1.165) is 0 Å². The van der Waals surface area contributed by atoms with E-state index in [2.05, 4.69) is 0 Å². The van der Waals surface area contributed by atoms with Gasteiger partial charge in [-0.15, -0.1) is 0 Å². The molecule has 0 N–H and O–H groups in total. The first-order valence-electron chi connectivity index (χ1n) is 3.82. The number of rotatable bonds is 2. The Balaban J connectivity index is 3.22. The quantitative estimate of drug-likeness (QED) is 0.603. The van der Waals surface area contributed by atoms with Gasteiger partial charge in [-0.1, -0.05) is 35.3 Å². The van der Waals surface area contributed by atoms with Gasteiger partial charge in [0.15, 0.2) is 0 Å². The van der Waals surface area contributed by atoms with Gasteiger partial charge in [0, 0.05) is 0 Å². The topological polar surface area (TPSA) is 40.9 Å². The SMILES string of the molecule is N#Cc1ccc(C(C(=O)Cl)=C(Cl)Cl)cc1. The van der Waals surface area contributed by atoms with Crippen LogP contribution in [0.25, 0.3) is 5.57 Å². The van der Waals surface area contributed by atoms with Crippen molar-refractivity contribution in [1.82, 2.24) is 0 Å². The van der Waals surface area contributed by atoms with Gasteiger partial charge in [-0.2, -0.15) is 5.26 Å². The second-order valence-corrected chi connectivity index (χ2v) is 3.89. The van der Waals surface area contributed by atoms with Crippen molar-refractivity contribution >= 4 is 45.6 Å². The van der Waals surface area contributed by atoms with Crippen molar-refractivity contribution in [2.24, 2.45) is 0 Å². The van der Waals surface area contributed by atoms with Crippen LogP contribution in [0.15, 0.2) is 28.8 Å². The Labute approximate surface area is 102 Å². The Morgan fingerprint density at radius 3 is 2.00 bits per heavy atom. The molecule has 0 saturated carbocycles. The highest BCUT2D eigenvalue weighted by Gasteiger charge is 2.13. The summed E-state index contributed by atoms with van der Waals surface area (Å²) in [5.41, 5.74) is 0.990. The lowest BCUT2D eigenvalue weighted by atomic mass is 10.1. The second kappa shape index (κ2) is 5.18. The van der Waals surface area contributed by atoms with Crippen LogP contribution >= 0.6 is 34.8 Å². The molecule has 0 heterocycles. The highest BCUT2D eigenvalue weighted by Crippen LogP contribution is 2.26. The highest BCUT2D eigenvalue weighted by molar-refractivity contribution is 6.78. The van der Waals surface area contributed by atoms with Gasteiger partial charge in [-0.05, 0) is 29.3 Å². The van der Waals surface area contributed by atoms with Crippen molar-refractivity contribution in [2.45, 2.75) is 0 Å². The summed E-state index contributed by atoms with van der Waals surface area (Å²) in [7, 11) is 0. The molecule has 0 bridgehead atoms. The zero-order chi connectivity index (χ0) is 11.4. The Morgan fingerprint density at radius 1 is 1.13 bits per heavy atom. The van der Waals surface area contributed by atoms with Crippen LogP contribution in [0.4, 0.5) is 0 Å². The summed E-state index contributed by atoms with van der Waals surface area (Å²) >= 11 is 16.4. The van der Waals surface area contributed by atoms with Gasteiger partial charge >= 0.3 is 0 Å². The van der Waals surface area contributed by atoms with Crippen molar-refractivity contribution in [1.29, 1.82) is 5.26 Å². The van der Waals surface area contributed by atoms with E-state index in [1.165, 1.54) is 0 Å². The van der Waals surface area contributed by atoms with Crippen molar-refractivity contribution in [2.75, 3.05) is 0 Å². The zero-order valence-corrected chi connectivity index (χ0v) is 9.57. The number of carbonyl (C=O) groups is 1. The molecule has 0 aliphatic carbocycles. The van der Waals surface area contributed by atoms with Crippen molar-refractivity contribution in [3.63, 3.8) is 0 Å². The number of nitriles is 1. The van der Waals surface area contributed by atoms with Crippen molar-refractivity contribution < 1.29 is 4.79 Å². The first-order valence-corrected chi connectivity index (χ1v) is 4.95. The first-order chi connectivity index (χ1) is 7.06. The lowest BCUT2D eigenvalue weighted by Gasteiger charge is -2.02. The van der Waals surface area contributed by atoms with E-state index < -0.39 is 5.24 Å². The monoisotopic (exact) mass is 259 g/mol. The smallest absolute Gasteiger partial charge is 0.255 e. The standard InChI is InChI=1S/C10H4Cl3NO/c11-9(12)8(10(13)15)7-3-1-6(5-14)2-4-7/h1-4H. The van der Waals surface area contributed by atoms with E-state index in [0.29, 0.717) is 11.1 Å². The Bertz CT molecular complexity index is 453. The summed E-state index contributed by atoms with van der Waals surface area (Å²) in [6.45, 7) is 0. The number of allylic oxidation sites excluding steroid dienone is 1. The predicted octanol–water partition coefficient (Wildman–Crippen LogP) is 3.47. The average Bonchev–Trinajstić information content (AvgIpc) is 2.18. The molecular formula is C10H4Cl3NO. The summed E-state index contributed by atoms with van der Waals surface area (Å²) in [4.78, 5) is 11.0. The largest absolute Gasteiger partial charge is 0.275 e. The molecule has 1 aromatic rings. The summed E-state index contributed by atoms with van der Waals surface area (Å²) in [5, 5.41) is 7.84. The van der Waals surface area contributed by atoms with E-state index in [1.54, 1.807) is 24.3 Å². The number of benzene rings is 1. The van der Waals surface area contributed by atoms with Gasteiger partial charge in [0.1, 0.15) is 4.49 Å². The van der Waals surface area contributed by atoms with Crippen LogP contribution in [0.2, 0.25) is 0 Å². The minimum Gasteiger partial charge on any atom is -0.275 e. The molecule has 0 amide bonds. The third-order valence-corrected chi connectivity index (χ3v) is 2.26. The maximum absolute atomic E-state index is 11.0. The van der Waals surface area contributed by atoms with Crippen LogP contribution < -0.4 is 0 Å². The molecule has 0 aliphatic heterocycles. The van der Waals surface area contributed by atoms with Crippen LogP contribution in [-0.4, -0.2) is 5.24 Å². The molecule has 0 aliphatic rings. The van der Waals surface area contributed by atoms with Gasteiger partial charge < -0.3 is 0 Å². The molecule has 0 saturated heterocycles. The van der Waals surface area contributed by atoms with E-state index in [4.69, 9.17) is 40.1 Å². The molecular weight excluding hydrogens is 256 g/mol. The third-order valence-electron chi connectivity index (χ3n) is 1.69. The molecule has 0 atom stereocenters. The average molecular weight is 261 g/mol. The summed E-state index contributed by atoms with van der Waals surface area (Å²) in [6, 6.07) is 8.16. The van der Waals surface area contributed by atoms with E-state index in [1.807, 2.05) is 6.07 Å². The fourth-order valence-electron chi connectivity index (χ4n) is 1.01. The molecule has 0 fully saturated rings. The number of halogens is 3. The van der Waals surface area contributed by atoms with Gasteiger partial charge in [-0.3, -0.25) is 4.79 Å². The first kappa shape index (κ1) is 12.1. The van der Waals surface area contributed by atoms with E-state index >= 15 is 0 Å². The number of hydrogen-bond donors (Lipinski definition) is 0. The lowest BCUT2D eigenvalue weighted by molar-refractivity contribution is -0.106. The molecule has 0 radical (unpaired) electrons. The Kier molecular flexibility index (Phi) is 4.16. The fraction of sp³-hybridized carbons (Fsp3) is 0. The second-order valence-electron chi connectivity index (χ2n) is 2.60. The van der Waals surface area contributed by atoms with Crippen LogP contribution in [-0.2, 0) is 4.79 Å². The predicted molar refractivity (Wildman–Crippen MR) is 60.6 cm³/mol. The molecule has 76 valence electrons. The van der Waals surface area contributed by atoms with Gasteiger partial charge in [0.25, 0.3) is 5.24 Å². The maximum atomic E-state index is 11.0. The molecule has 0 spiro atoms. The molecule has 1 rings (SSSR count). The Hall–Kier alpha value is -1.01. The number of hydrogen-bond acceptors (Lipinski definition) is 2. The number of nitrogens with zero attached hydrogens (tertiary/aromatic N) is 1. The van der Waals surface area contributed by atoms with Crippen LogP contribution in [0.5, 0.6) is 0 Å². The number of carbonyl (C=O) groups excluding carboxylic acids is 1. The van der Waals surface area contributed by atoms with Gasteiger partial charge in [0.05, 0.1) is 17.2 Å². The summed E-state index contributed by atoms with van der Waals surface area (Å²) in [5.74, 6) is 0. The molecule has 0 unspecified atom stereocenters. The third kappa shape index (κ3) is 2.97. The fourth-order valence-corrected chi connectivity index (χ4v) is 1.70. The Morgan fingerprint density at radius 2 is 1.67 bits per heavy atom. The highest BCUT2D eigenvalue weighted by atomic mass is 35.5. The lowest BCUT2D eigenvalue weighted by Crippen LogP contribution is -1.94.